The van der Waals surface area contributed by atoms with Crippen LogP contribution in [0.5, 0.6) is 5.75 Å². The molecule has 0 saturated heterocycles. The molecule has 2 nitrogen and oxygen atoms in total. The van der Waals surface area contributed by atoms with Gasteiger partial charge in [-0.1, -0.05) is 38.3 Å². The van der Waals surface area contributed by atoms with Crippen molar-refractivity contribution in [3.8, 4) is 5.75 Å². The van der Waals surface area contributed by atoms with E-state index >= 15 is 0 Å². The Morgan fingerprint density at radius 1 is 1.38 bits per heavy atom. The average molecular weight is 383 g/mol. The SMILES string of the molecule is CC1(C)CCCCC1Nc1cc(Cl)cc(Br)c1OC(F)F. The van der Waals surface area contributed by atoms with Gasteiger partial charge >= 0.3 is 6.61 Å². The Balaban J connectivity index is 2.29. The molecule has 0 radical (unpaired) electrons. The third-order valence-electron chi connectivity index (χ3n) is 4.05. The molecule has 1 aliphatic carbocycles. The molecule has 0 heterocycles. The van der Waals surface area contributed by atoms with Crippen LogP contribution in [0, 0.1) is 5.41 Å². The number of nitrogens with one attached hydrogen (secondary N) is 1. The van der Waals surface area contributed by atoms with Crippen LogP contribution in [0.25, 0.3) is 0 Å². The minimum absolute atomic E-state index is 0.106. The second-order valence-corrected chi connectivity index (χ2v) is 7.36. The van der Waals surface area contributed by atoms with Crippen molar-refractivity contribution in [1.29, 1.82) is 0 Å². The minimum Gasteiger partial charge on any atom is -0.431 e. The van der Waals surface area contributed by atoms with Crippen molar-refractivity contribution in [2.75, 3.05) is 5.32 Å². The van der Waals surface area contributed by atoms with Crippen molar-refractivity contribution in [3.63, 3.8) is 0 Å². The van der Waals surface area contributed by atoms with Crippen molar-refractivity contribution < 1.29 is 13.5 Å². The van der Waals surface area contributed by atoms with Gasteiger partial charge in [0.2, 0.25) is 0 Å². The minimum atomic E-state index is -2.87. The first-order chi connectivity index (χ1) is 9.79. The zero-order valence-electron chi connectivity index (χ0n) is 12.1. The Hall–Kier alpha value is -0.550. The second-order valence-electron chi connectivity index (χ2n) is 6.07. The van der Waals surface area contributed by atoms with Crippen molar-refractivity contribution >= 4 is 33.2 Å². The molecule has 1 aromatic carbocycles. The Bertz CT molecular complexity index is 511. The van der Waals surface area contributed by atoms with Gasteiger partial charge in [-0.3, -0.25) is 0 Å². The maximum Gasteiger partial charge on any atom is 0.387 e. The summed E-state index contributed by atoms with van der Waals surface area (Å²) in [4.78, 5) is 0. The van der Waals surface area contributed by atoms with E-state index in [0.29, 0.717) is 15.2 Å². The molecule has 2 rings (SSSR count). The highest BCUT2D eigenvalue weighted by Gasteiger charge is 2.33. The van der Waals surface area contributed by atoms with Crippen LogP contribution in [0.3, 0.4) is 0 Å². The van der Waals surface area contributed by atoms with Crippen LogP contribution in [-0.2, 0) is 0 Å². The lowest BCUT2D eigenvalue weighted by Gasteiger charge is -2.40. The molecular formula is C15H19BrClF2NO. The highest BCUT2D eigenvalue weighted by Crippen LogP contribution is 2.42. The summed E-state index contributed by atoms with van der Waals surface area (Å²) >= 11 is 9.27. The molecule has 0 bridgehead atoms. The van der Waals surface area contributed by atoms with Gasteiger partial charge in [0, 0.05) is 11.1 Å². The monoisotopic (exact) mass is 381 g/mol. The van der Waals surface area contributed by atoms with Crippen LogP contribution in [0.15, 0.2) is 16.6 Å². The van der Waals surface area contributed by atoms with E-state index in [9.17, 15) is 8.78 Å². The summed E-state index contributed by atoms with van der Waals surface area (Å²) in [6.07, 6.45) is 4.45. The predicted octanol–water partition coefficient (Wildman–Crippen LogP) is 6.08. The number of hydrogen-bond donors (Lipinski definition) is 1. The zero-order valence-corrected chi connectivity index (χ0v) is 14.4. The number of ether oxygens (including phenoxy) is 1. The topological polar surface area (TPSA) is 21.3 Å². The maximum absolute atomic E-state index is 12.6. The molecule has 1 N–H and O–H groups in total. The normalized spacial score (nSPS) is 21.4. The Morgan fingerprint density at radius 2 is 2.10 bits per heavy atom. The zero-order chi connectivity index (χ0) is 15.6. The van der Waals surface area contributed by atoms with Crippen LogP contribution < -0.4 is 10.1 Å². The molecule has 118 valence electrons. The summed E-state index contributed by atoms with van der Waals surface area (Å²) in [5, 5.41) is 3.83. The van der Waals surface area contributed by atoms with Gasteiger partial charge in [-0.2, -0.15) is 8.78 Å². The molecule has 1 fully saturated rings. The third kappa shape index (κ3) is 4.22. The summed E-state index contributed by atoms with van der Waals surface area (Å²) in [5.41, 5.74) is 0.615. The molecule has 0 amide bonds. The summed E-state index contributed by atoms with van der Waals surface area (Å²) < 4.78 is 30.3. The van der Waals surface area contributed by atoms with Gasteiger partial charge in [0.1, 0.15) is 0 Å². The molecule has 1 saturated carbocycles. The third-order valence-corrected chi connectivity index (χ3v) is 4.86. The Labute approximate surface area is 137 Å². The fraction of sp³-hybridized carbons (Fsp3) is 0.600. The number of rotatable bonds is 4. The molecular weight excluding hydrogens is 364 g/mol. The van der Waals surface area contributed by atoms with Gasteiger partial charge < -0.3 is 10.1 Å². The van der Waals surface area contributed by atoms with Crippen LogP contribution in [0.1, 0.15) is 39.5 Å². The highest BCUT2D eigenvalue weighted by molar-refractivity contribution is 9.10. The molecule has 1 aliphatic rings. The van der Waals surface area contributed by atoms with E-state index in [1.54, 1.807) is 12.1 Å². The molecule has 6 heteroatoms. The number of halogens is 4. The number of alkyl halides is 2. The van der Waals surface area contributed by atoms with Crippen molar-refractivity contribution in [3.05, 3.63) is 21.6 Å². The lowest BCUT2D eigenvalue weighted by atomic mass is 9.73. The van der Waals surface area contributed by atoms with Gasteiger partial charge in [-0.15, -0.1) is 0 Å². The van der Waals surface area contributed by atoms with E-state index in [1.807, 2.05) is 0 Å². The molecule has 0 aliphatic heterocycles. The van der Waals surface area contributed by atoms with E-state index in [-0.39, 0.29) is 17.2 Å². The molecule has 1 aromatic rings. The van der Waals surface area contributed by atoms with Crippen LogP contribution in [0.4, 0.5) is 14.5 Å². The van der Waals surface area contributed by atoms with Gasteiger partial charge in [0.15, 0.2) is 5.75 Å². The quantitative estimate of drug-likeness (QED) is 0.681. The highest BCUT2D eigenvalue weighted by atomic mass is 79.9. The van der Waals surface area contributed by atoms with Crippen molar-refractivity contribution in [1.82, 2.24) is 0 Å². The summed E-state index contributed by atoms with van der Waals surface area (Å²) in [6, 6.07) is 3.39. The molecule has 0 aromatic heterocycles. The Kier molecular flexibility index (Phi) is 5.36. The first-order valence-corrected chi connectivity index (χ1v) is 8.17. The fourth-order valence-electron chi connectivity index (χ4n) is 2.83. The van der Waals surface area contributed by atoms with Gasteiger partial charge in [0.25, 0.3) is 0 Å². The largest absolute Gasteiger partial charge is 0.431 e. The van der Waals surface area contributed by atoms with E-state index in [4.69, 9.17) is 11.6 Å². The molecule has 0 spiro atoms. The van der Waals surface area contributed by atoms with Crippen LogP contribution in [-0.4, -0.2) is 12.7 Å². The lowest BCUT2D eigenvalue weighted by molar-refractivity contribution is -0.0499. The average Bonchev–Trinajstić information content (AvgIpc) is 2.35. The van der Waals surface area contributed by atoms with Crippen molar-refractivity contribution in [2.24, 2.45) is 5.41 Å². The van der Waals surface area contributed by atoms with Crippen LogP contribution in [0.2, 0.25) is 5.02 Å². The standard InChI is InChI=1S/C15H19BrClF2NO/c1-15(2)6-4-3-5-12(15)20-11-8-9(17)7-10(16)13(11)21-14(18)19/h7-8,12,14,20H,3-6H2,1-2H3. The summed E-state index contributed by atoms with van der Waals surface area (Å²) in [6.45, 7) is 1.51. The summed E-state index contributed by atoms with van der Waals surface area (Å²) in [5.74, 6) is 0.107. The number of benzene rings is 1. The van der Waals surface area contributed by atoms with E-state index < -0.39 is 6.61 Å². The Morgan fingerprint density at radius 3 is 2.71 bits per heavy atom. The molecule has 21 heavy (non-hydrogen) atoms. The second kappa shape index (κ2) is 6.69. The summed E-state index contributed by atoms with van der Waals surface area (Å²) in [7, 11) is 0. The fourth-order valence-corrected chi connectivity index (χ4v) is 3.73. The molecule has 1 atom stereocenters. The van der Waals surface area contributed by atoms with Crippen molar-refractivity contribution in [2.45, 2.75) is 52.2 Å². The smallest absolute Gasteiger partial charge is 0.387 e. The van der Waals surface area contributed by atoms with Gasteiger partial charge in [-0.05, 0) is 46.3 Å². The lowest BCUT2D eigenvalue weighted by Crippen LogP contribution is -2.39. The van der Waals surface area contributed by atoms with Gasteiger partial charge in [0.05, 0.1) is 10.2 Å². The van der Waals surface area contributed by atoms with E-state index in [1.165, 1.54) is 6.42 Å². The van der Waals surface area contributed by atoms with Gasteiger partial charge in [-0.25, -0.2) is 0 Å². The van der Waals surface area contributed by atoms with E-state index in [2.05, 4.69) is 39.8 Å². The predicted molar refractivity (Wildman–Crippen MR) is 85.4 cm³/mol. The number of anilines is 1. The maximum atomic E-state index is 12.6. The first-order valence-electron chi connectivity index (χ1n) is 7.00. The first kappa shape index (κ1) is 16.8. The molecule has 1 unspecified atom stereocenters. The van der Waals surface area contributed by atoms with E-state index in [0.717, 1.165) is 19.3 Å². The number of hydrogen-bond acceptors (Lipinski definition) is 2. The van der Waals surface area contributed by atoms with Crippen LogP contribution >= 0.6 is 27.5 Å².